The molecule has 0 atom stereocenters. The average Bonchev–Trinajstić information content (AvgIpc) is 2.72. The van der Waals surface area contributed by atoms with Gasteiger partial charge in [0.2, 0.25) is 0 Å². The van der Waals surface area contributed by atoms with E-state index in [1.165, 1.54) is 0 Å². The van der Waals surface area contributed by atoms with Gasteiger partial charge in [0.25, 0.3) is 5.92 Å². The van der Waals surface area contributed by atoms with Crippen molar-refractivity contribution in [1.29, 1.82) is 0 Å². The van der Waals surface area contributed by atoms with Gasteiger partial charge in [-0.2, -0.15) is 0 Å². The highest BCUT2D eigenvalue weighted by molar-refractivity contribution is 5.89. The van der Waals surface area contributed by atoms with E-state index < -0.39 is 18.5 Å². The number of aryl methyl sites for hydroxylation is 2. The summed E-state index contributed by atoms with van der Waals surface area (Å²) in [6.45, 7) is 3.65. The number of nitrogens with one attached hydrogen (secondary N) is 1. The second-order valence-electron chi connectivity index (χ2n) is 4.95. The minimum Gasteiger partial charge on any atom is -0.318 e. The molecule has 0 bridgehead atoms. The van der Waals surface area contributed by atoms with Crippen LogP contribution in [0.25, 0.3) is 0 Å². The average molecular weight is 268 g/mol. The highest BCUT2D eigenvalue weighted by Crippen LogP contribution is 2.27. The zero-order valence-corrected chi connectivity index (χ0v) is 11.2. The minimum absolute atomic E-state index is 0.103. The van der Waals surface area contributed by atoms with E-state index in [-0.39, 0.29) is 13.0 Å². The highest BCUT2D eigenvalue weighted by Gasteiger charge is 2.40. The van der Waals surface area contributed by atoms with Gasteiger partial charge in [-0.15, -0.1) is 0 Å². The zero-order valence-electron chi connectivity index (χ0n) is 11.2. The van der Waals surface area contributed by atoms with E-state index in [4.69, 9.17) is 0 Å². The molecule has 0 radical (unpaired) electrons. The minimum atomic E-state index is -2.75. The third-order valence-electron chi connectivity index (χ3n) is 3.44. The monoisotopic (exact) mass is 268 g/mol. The van der Waals surface area contributed by atoms with Crippen LogP contribution in [0, 0.1) is 6.92 Å². The molecule has 1 aliphatic heterocycles. The molecule has 1 N–H and O–H groups in total. The van der Waals surface area contributed by atoms with Crippen LogP contribution in [0.3, 0.4) is 0 Å². The summed E-state index contributed by atoms with van der Waals surface area (Å²) in [6, 6.07) is 5.15. The summed E-state index contributed by atoms with van der Waals surface area (Å²) in [5.74, 6) is -2.75. The van der Waals surface area contributed by atoms with Crippen LogP contribution in [-0.2, 0) is 6.42 Å². The highest BCUT2D eigenvalue weighted by atomic mass is 19.3. The Morgan fingerprint density at radius 1 is 1.47 bits per heavy atom. The number of carbonyl (C=O) groups is 1. The molecular formula is C14H18F2N2O. The fraction of sp³-hybridized carbons (Fsp3) is 0.500. The zero-order chi connectivity index (χ0) is 14.0. The van der Waals surface area contributed by atoms with Crippen LogP contribution in [0.15, 0.2) is 18.2 Å². The van der Waals surface area contributed by atoms with Crippen molar-refractivity contribution < 1.29 is 13.6 Å². The lowest BCUT2D eigenvalue weighted by Crippen LogP contribution is -2.34. The number of hydrogen-bond donors (Lipinski definition) is 1. The molecule has 0 aliphatic carbocycles. The number of rotatable bonds is 2. The van der Waals surface area contributed by atoms with Crippen LogP contribution in [0.2, 0.25) is 0 Å². The maximum Gasteiger partial charge on any atom is 0.322 e. The van der Waals surface area contributed by atoms with Crippen molar-refractivity contribution in [2.45, 2.75) is 32.6 Å². The van der Waals surface area contributed by atoms with E-state index in [1.54, 1.807) is 6.07 Å². The van der Waals surface area contributed by atoms with Gasteiger partial charge in [-0.05, 0) is 36.6 Å². The van der Waals surface area contributed by atoms with Crippen molar-refractivity contribution in [2.75, 3.05) is 18.4 Å². The molecule has 2 rings (SSSR count). The summed E-state index contributed by atoms with van der Waals surface area (Å²) >= 11 is 0. The quantitative estimate of drug-likeness (QED) is 0.875. The van der Waals surface area contributed by atoms with Crippen molar-refractivity contribution >= 4 is 11.7 Å². The molecule has 0 unspecified atom stereocenters. The number of urea groups is 1. The number of hydrogen-bond acceptors (Lipinski definition) is 1. The molecule has 1 aromatic carbocycles. The lowest BCUT2D eigenvalue weighted by Gasteiger charge is -2.17. The van der Waals surface area contributed by atoms with Gasteiger partial charge in [-0.25, -0.2) is 13.6 Å². The van der Waals surface area contributed by atoms with Gasteiger partial charge in [-0.3, -0.25) is 0 Å². The van der Waals surface area contributed by atoms with Crippen molar-refractivity contribution in [1.82, 2.24) is 4.90 Å². The van der Waals surface area contributed by atoms with Crippen molar-refractivity contribution in [3.05, 3.63) is 29.3 Å². The third-order valence-corrected chi connectivity index (χ3v) is 3.44. The van der Waals surface area contributed by atoms with Gasteiger partial charge in [0.15, 0.2) is 0 Å². The fourth-order valence-electron chi connectivity index (χ4n) is 2.24. The number of benzene rings is 1. The predicted octanol–water partition coefficient (Wildman–Crippen LogP) is 3.43. The Hall–Kier alpha value is -1.65. The number of nitrogens with zero attached hydrogens (tertiary/aromatic N) is 1. The van der Waals surface area contributed by atoms with Crippen LogP contribution in [0.4, 0.5) is 19.3 Å². The SMILES string of the molecule is CCc1cc(NC(=O)N2CCC(F)(F)C2)ccc1C. The van der Waals surface area contributed by atoms with Gasteiger partial charge < -0.3 is 10.2 Å². The van der Waals surface area contributed by atoms with Crippen LogP contribution in [0.5, 0.6) is 0 Å². The van der Waals surface area contributed by atoms with E-state index in [0.29, 0.717) is 5.69 Å². The van der Waals surface area contributed by atoms with Gasteiger partial charge in [0, 0.05) is 18.7 Å². The Morgan fingerprint density at radius 3 is 2.79 bits per heavy atom. The predicted molar refractivity (Wildman–Crippen MR) is 70.7 cm³/mol. The molecule has 1 fully saturated rings. The van der Waals surface area contributed by atoms with Gasteiger partial charge in [-0.1, -0.05) is 13.0 Å². The maximum absolute atomic E-state index is 13.0. The third kappa shape index (κ3) is 3.22. The first-order valence-corrected chi connectivity index (χ1v) is 6.44. The van der Waals surface area contributed by atoms with E-state index in [9.17, 15) is 13.6 Å². The first-order chi connectivity index (χ1) is 8.91. The van der Waals surface area contributed by atoms with Gasteiger partial charge in [0.1, 0.15) is 0 Å². The summed E-state index contributed by atoms with van der Waals surface area (Å²) in [4.78, 5) is 13.0. The molecular weight excluding hydrogens is 250 g/mol. The molecule has 0 spiro atoms. The summed E-state index contributed by atoms with van der Waals surface area (Å²) in [5.41, 5.74) is 2.96. The van der Waals surface area contributed by atoms with E-state index in [0.717, 1.165) is 22.4 Å². The molecule has 1 aromatic rings. The van der Waals surface area contributed by atoms with E-state index in [1.807, 2.05) is 26.0 Å². The molecule has 2 amide bonds. The van der Waals surface area contributed by atoms with Crippen LogP contribution >= 0.6 is 0 Å². The first-order valence-electron chi connectivity index (χ1n) is 6.44. The molecule has 3 nitrogen and oxygen atoms in total. The number of anilines is 1. The molecule has 1 saturated heterocycles. The number of amides is 2. The molecule has 0 saturated carbocycles. The Kier molecular flexibility index (Phi) is 3.73. The molecule has 19 heavy (non-hydrogen) atoms. The van der Waals surface area contributed by atoms with E-state index in [2.05, 4.69) is 5.32 Å². The van der Waals surface area contributed by atoms with Crippen molar-refractivity contribution in [2.24, 2.45) is 0 Å². The lowest BCUT2D eigenvalue weighted by atomic mass is 10.1. The smallest absolute Gasteiger partial charge is 0.318 e. The largest absolute Gasteiger partial charge is 0.322 e. The second kappa shape index (κ2) is 5.15. The number of halogens is 2. The molecule has 104 valence electrons. The summed E-state index contributed by atoms with van der Waals surface area (Å²) in [7, 11) is 0. The topological polar surface area (TPSA) is 32.3 Å². The number of alkyl halides is 2. The van der Waals surface area contributed by atoms with Gasteiger partial charge in [0.05, 0.1) is 6.54 Å². The standard InChI is InChI=1S/C14H18F2N2O/c1-3-11-8-12(5-4-10(11)2)17-13(19)18-7-6-14(15,16)9-18/h4-5,8H,3,6-7,9H2,1-2H3,(H,17,19). The Balaban J connectivity index is 2.03. The lowest BCUT2D eigenvalue weighted by molar-refractivity contribution is 0.0159. The summed E-state index contributed by atoms with van der Waals surface area (Å²) in [6.07, 6.45) is 0.617. The Labute approximate surface area is 111 Å². The van der Waals surface area contributed by atoms with Crippen LogP contribution < -0.4 is 5.32 Å². The second-order valence-corrected chi connectivity index (χ2v) is 4.95. The first kappa shape index (κ1) is 13.8. The molecule has 0 aromatic heterocycles. The maximum atomic E-state index is 13.0. The normalized spacial score (nSPS) is 17.6. The van der Waals surface area contributed by atoms with Crippen LogP contribution in [0.1, 0.15) is 24.5 Å². The molecule has 5 heteroatoms. The van der Waals surface area contributed by atoms with Gasteiger partial charge >= 0.3 is 6.03 Å². The Bertz CT molecular complexity index is 488. The molecule has 1 aliphatic rings. The fourth-order valence-corrected chi connectivity index (χ4v) is 2.24. The van der Waals surface area contributed by atoms with Crippen LogP contribution in [-0.4, -0.2) is 29.9 Å². The number of carbonyl (C=O) groups excluding carboxylic acids is 1. The summed E-state index contributed by atoms with van der Waals surface area (Å²) < 4.78 is 26.1. The molecule has 1 heterocycles. The summed E-state index contributed by atoms with van der Waals surface area (Å²) in [5, 5.41) is 2.68. The van der Waals surface area contributed by atoms with Crippen molar-refractivity contribution in [3.63, 3.8) is 0 Å². The van der Waals surface area contributed by atoms with Crippen molar-refractivity contribution in [3.8, 4) is 0 Å². The number of likely N-dealkylation sites (tertiary alicyclic amines) is 1. The Morgan fingerprint density at radius 2 is 2.21 bits per heavy atom. The van der Waals surface area contributed by atoms with E-state index >= 15 is 0 Å².